The van der Waals surface area contributed by atoms with Gasteiger partial charge in [-0.15, -0.1) is 24.0 Å². The average molecular weight is 555 g/mol. The van der Waals surface area contributed by atoms with Gasteiger partial charge in [0, 0.05) is 25.8 Å². The van der Waals surface area contributed by atoms with E-state index in [-0.39, 0.29) is 36.7 Å². The van der Waals surface area contributed by atoms with Gasteiger partial charge in [0.25, 0.3) is 0 Å². The van der Waals surface area contributed by atoms with E-state index in [1.54, 1.807) is 10.6 Å². The first-order valence-corrected chi connectivity index (χ1v) is 10.0. The highest BCUT2D eigenvalue weighted by Gasteiger charge is 2.11. The van der Waals surface area contributed by atoms with Gasteiger partial charge in [-0.25, -0.2) is 4.99 Å². The molecule has 2 unspecified atom stereocenters. The summed E-state index contributed by atoms with van der Waals surface area (Å²) in [6, 6.07) is 11.7. The number of benzene rings is 1. The molecule has 9 heteroatoms. The van der Waals surface area contributed by atoms with E-state index >= 15 is 0 Å². The van der Waals surface area contributed by atoms with Crippen molar-refractivity contribution >= 4 is 53.1 Å². The smallest absolute Gasteiger partial charge is 0.191 e. The van der Waals surface area contributed by atoms with Crippen molar-refractivity contribution in [3.63, 3.8) is 0 Å². The Hall–Kier alpha value is -1.000. The van der Waals surface area contributed by atoms with Crippen molar-refractivity contribution in [2.45, 2.75) is 32.6 Å². The summed E-state index contributed by atoms with van der Waals surface area (Å²) < 4.78 is 7.56. The molecule has 0 radical (unpaired) electrons. The fraction of sp³-hybridized carbons (Fsp3) is 0.450. The van der Waals surface area contributed by atoms with Crippen molar-refractivity contribution in [3.8, 4) is 0 Å². The van der Waals surface area contributed by atoms with E-state index in [0.29, 0.717) is 35.8 Å². The third-order valence-corrected chi connectivity index (χ3v) is 5.11. The van der Waals surface area contributed by atoms with Crippen molar-refractivity contribution in [3.05, 3.63) is 57.8 Å². The van der Waals surface area contributed by atoms with E-state index in [0.717, 1.165) is 11.3 Å². The van der Waals surface area contributed by atoms with E-state index in [1.165, 1.54) is 0 Å². The molecule has 29 heavy (non-hydrogen) atoms. The SMILES string of the molecule is CCNC(=NCc1cc(Cl)c(Cl)n1C)NCC(O)COC(C)c1ccccc1.I. The summed E-state index contributed by atoms with van der Waals surface area (Å²) in [5, 5.41) is 17.5. The molecule has 1 aromatic carbocycles. The van der Waals surface area contributed by atoms with Crippen molar-refractivity contribution in [2.24, 2.45) is 12.0 Å². The Morgan fingerprint density at radius 1 is 1.24 bits per heavy atom. The van der Waals surface area contributed by atoms with Crippen LogP contribution in [0.25, 0.3) is 0 Å². The lowest BCUT2D eigenvalue weighted by Crippen LogP contribution is -2.42. The molecule has 2 aromatic rings. The molecule has 0 saturated carbocycles. The standard InChI is InChI=1S/C20H28Cl2N4O2.HI/c1-4-23-20(24-11-16-10-18(21)19(22)26(16)3)25-12-17(27)13-28-14(2)15-8-6-5-7-9-15;/h5-10,14,17,27H,4,11-13H2,1-3H3,(H2,23,24,25);1H. The molecule has 2 rings (SSSR count). The van der Waals surface area contributed by atoms with Crippen LogP contribution in [0, 0.1) is 0 Å². The molecule has 0 aliphatic heterocycles. The van der Waals surface area contributed by atoms with Crippen molar-refractivity contribution in [1.82, 2.24) is 15.2 Å². The van der Waals surface area contributed by atoms with Crippen LogP contribution in [-0.4, -0.2) is 41.4 Å². The molecule has 0 saturated heterocycles. The zero-order chi connectivity index (χ0) is 20.5. The second kappa shape index (κ2) is 13.3. The van der Waals surface area contributed by atoms with Gasteiger partial charge in [-0.1, -0.05) is 53.5 Å². The van der Waals surface area contributed by atoms with Gasteiger partial charge < -0.3 is 25.0 Å². The Balaban J connectivity index is 0.00000420. The molecule has 162 valence electrons. The molecule has 2 atom stereocenters. The highest BCUT2D eigenvalue weighted by atomic mass is 127. The van der Waals surface area contributed by atoms with Crippen LogP contribution in [0.5, 0.6) is 0 Å². The molecular weight excluding hydrogens is 526 g/mol. The summed E-state index contributed by atoms with van der Waals surface area (Å²) in [7, 11) is 1.84. The molecule has 0 fully saturated rings. The topological polar surface area (TPSA) is 70.8 Å². The van der Waals surface area contributed by atoms with Gasteiger partial charge in [-0.2, -0.15) is 0 Å². The second-order valence-corrected chi connectivity index (χ2v) is 7.21. The molecule has 6 nitrogen and oxygen atoms in total. The fourth-order valence-corrected chi connectivity index (χ4v) is 3.01. The maximum Gasteiger partial charge on any atom is 0.191 e. The van der Waals surface area contributed by atoms with Gasteiger partial charge in [-0.05, 0) is 25.5 Å². The predicted molar refractivity (Wildman–Crippen MR) is 130 cm³/mol. The summed E-state index contributed by atoms with van der Waals surface area (Å²) >= 11 is 12.1. The lowest BCUT2D eigenvalue weighted by Gasteiger charge is -2.18. The Morgan fingerprint density at radius 3 is 2.52 bits per heavy atom. The second-order valence-electron chi connectivity index (χ2n) is 6.45. The first-order chi connectivity index (χ1) is 13.4. The number of aliphatic imine (C=N–C) groups is 1. The van der Waals surface area contributed by atoms with Crippen LogP contribution >= 0.6 is 47.2 Å². The number of aromatic nitrogens is 1. The van der Waals surface area contributed by atoms with Crippen molar-refractivity contribution < 1.29 is 9.84 Å². The zero-order valence-corrected chi connectivity index (χ0v) is 20.7. The third kappa shape index (κ3) is 8.33. The monoisotopic (exact) mass is 554 g/mol. The first-order valence-electron chi connectivity index (χ1n) is 9.28. The van der Waals surface area contributed by atoms with Gasteiger partial charge in [0.05, 0.1) is 30.4 Å². The van der Waals surface area contributed by atoms with Gasteiger partial charge >= 0.3 is 0 Å². The van der Waals surface area contributed by atoms with E-state index in [2.05, 4.69) is 15.6 Å². The number of aliphatic hydroxyl groups excluding tert-OH is 1. The van der Waals surface area contributed by atoms with Crippen LogP contribution in [0.1, 0.15) is 31.2 Å². The summed E-state index contributed by atoms with van der Waals surface area (Å²) in [4.78, 5) is 4.52. The maximum atomic E-state index is 10.2. The van der Waals surface area contributed by atoms with Crippen LogP contribution in [0.4, 0.5) is 0 Å². The number of hydrogen-bond donors (Lipinski definition) is 3. The minimum Gasteiger partial charge on any atom is -0.389 e. The van der Waals surface area contributed by atoms with Crippen LogP contribution in [0.15, 0.2) is 41.4 Å². The minimum atomic E-state index is -0.658. The summed E-state index contributed by atoms with van der Waals surface area (Å²) in [6.07, 6.45) is -0.737. The number of hydrogen-bond acceptors (Lipinski definition) is 3. The first kappa shape index (κ1) is 26.0. The molecule has 0 amide bonds. The highest BCUT2D eigenvalue weighted by Crippen LogP contribution is 2.25. The summed E-state index contributed by atoms with van der Waals surface area (Å²) in [5.41, 5.74) is 1.98. The van der Waals surface area contributed by atoms with E-state index in [4.69, 9.17) is 27.9 Å². The van der Waals surface area contributed by atoms with Gasteiger partial charge in [0.2, 0.25) is 0 Å². The predicted octanol–water partition coefficient (Wildman–Crippen LogP) is 4.14. The molecule has 1 heterocycles. The Kier molecular flexibility index (Phi) is 12.0. The average Bonchev–Trinajstić information content (AvgIpc) is 2.95. The van der Waals surface area contributed by atoms with Crippen molar-refractivity contribution in [1.29, 1.82) is 0 Å². The van der Waals surface area contributed by atoms with Crippen LogP contribution < -0.4 is 10.6 Å². The maximum absolute atomic E-state index is 10.2. The van der Waals surface area contributed by atoms with Gasteiger partial charge in [0.1, 0.15) is 5.15 Å². The molecule has 0 aliphatic carbocycles. The lowest BCUT2D eigenvalue weighted by atomic mass is 10.1. The normalized spacial score (nSPS) is 13.5. The Bertz CT molecular complexity index is 771. The molecule has 3 N–H and O–H groups in total. The molecule has 0 aliphatic rings. The van der Waals surface area contributed by atoms with Crippen molar-refractivity contribution in [2.75, 3.05) is 19.7 Å². The molecule has 0 bridgehead atoms. The number of halogens is 3. The highest BCUT2D eigenvalue weighted by molar-refractivity contribution is 14.0. The lowest BCUT2D eigenvalue weighted by molar-refractivity contribution is -0.000599. The van der Waals surface area contributed by atoms with E-state index in [1.807, 2.05) is 51.2 Å². The number of guanidine groups is 1. The fourth-order valence-electron chi connectivity index (χ4n) is 2.59. The van der Waals surface area contributed by atoms with E-state index in [9.17, 15) is 5.11 Å². The minimum absolute atomic E-state index is 0. The largest absolute Gasteiger partial charge is 0.389 e. The number of nitrogens with zero attached hydrogens (tertiary/aromatic N) is 2. The summed E-state index contributed by atoms with van der Waals surface area (Å²) in [5.74, 6) is 0.603. The summed E-state index contributed by atoms with van der Waals surface area (Å²) in [6.45, 7) is 5.62. The van der Waals surface area contributed by atoms with Crippen LogP contribution in [0.2, 0.25) is 10.2 Å². The number of aliphatic hydroxyl groups is 1. The Labute approximate surface area is 199 Å². The zero-order valence-electron chi connectivity index (χ0n) is 16.9. The molecular formula is C20H29Cl2IN4O2. The number of rotatable bonds is 9. The van der Waals surface area contributed by atoms with Crippen LogP contribution in [0.3, 0.4) is 0 Å². The molecule has 0 spiro atoms. The quantitative estimate of drug-likeness (QED) is 0.247. The van der Waals surface area contributed by atoms with Gasteiger partial charge in [-0.3, -0.25) is 0 Å². The Morgan fingerprint density at radius 2 is 1.93 bits per heavy atom. The van der Waals surface area contributed by atoms with E-state index < -0.39 is 6.10 Å². The van der Waals surface area contributed by atoms with Gasteiger partial charge in [0.15, 0.2) is 5.96 Å². The number of nitrogens with one attached hydrogen (secondary N) is 2. The molecule has 1 aromatic heterocycles. The number of ether oxygens (including phenoxy) is 1. The van der Waals surface area contributed by atoms with Crippen LogP contribution in [-0.2, 0) is 18.3 Å². The third-order valence-electron chi connectivity index (χ3n) is 4.27.